The summed E-state index contributed by atoms with van der Waals surface area (Å²) in [6, 6.07) is 0. The van der Waals surface area contributed by atoms with Crippen LogP contribution in [0.15, 0.2) is 12.4 Å². The number of nitrogens with one attached hydrogen (secondary N) is 1. The minimum Gasteiger partial charge on any atom is -0.480 e. The molecule has 0 aromatic carbocycles. The summed E-state index contributed by atoms with van der Waals surface area (Å²) in [5, 5.41) is 3.32. The molecule has 1 aromatic heterocycles. The molecular formula is C12H19N3O3. The van der Waals surface area contributed by atoms with Gasteiger partial charge in [-0.15, -0.1) is 0 Å². The maximum Gasteiger partial charge on any atom is 0.235 e. The van der Waals surface area contributed by atoms with Crippen molar-refractivity contribution >= 4 is 0 Å². The van der Waals surface area contributed by atoms with Crippen molar-refractivity contribution in [2.75, 3.05) is 26.8 Å². The van der Waals surface area contributed by atoms with Crippen LogP contribution in [0.3, 0.4) is 0 Å². The minimum atomic E-state index is -0.160. The van der Waals surface area contributed by atoms with E-state index in [-0.39, 0.29) is 11.7 Å². The summed E-state index contributed by atoms with van der Waals surface area (Å²) in [6.45, 7) is 6.18. The molecule has 0 amide bonds. The highest BCUT2D eigenvalue weighted by Crippen LogP contribution is 2.16. The molecule has 100 valence electrons. The average Bonchev–Trinajstić information content (AvgIpc) is 2.35. The van der Waals surface area contributed by atoms with Crippen LogP contribution >= 0.6 is 0 Å². The molecule has 1 N–H and O–H groups in total. The van der Waals surface area contributed by atoms with Crippen molar-refractivity contribution in [2.45, 2.75) is 25.6 Å². The SMILES string of the molecule is COc1cncc(OCC2CNCC(C)(C)O2)n1. The Balaban J connectivity index is 1.87. The lowest BCUT2D eigenvalue weighted by atomic mass is 10.1. The van der Waals surface area contributed by atoms with Crippen molar-refractivity contribution in [2.24, 2.45) is 0 Å². The fraction of sp³-hybridized carbons (Fsp3) is 0.667. The van der Waals surface area contributed by atoms with Crippen LogP contribution in [-0.2, 0) is 4.74 Å². The zero-order valence-corrected chi connectivity index (χ0v) is 11.0. The van der Waals surface area contributed by atoms with Gasteiger partial charge in [-0.05, 0) is 13.8 Å². The van der Waals surface area contributed by atoms with Gasteiger partial charge in [0.1, 0.15) is 12.7 Å². The number of ether oxygens (including phenoxy) is 3. The second-order valence-electron chi connectivity index (χ2n) is 4.84. The van der Waals surface area contributed by atoms with Gasteiger partial charge in [0.2, 0.25) is 11.8 Å². The molecule has 1 aromatic rings. The van der Waals surface area contributed by atoms with Gasteiger partial charge in [-0.1, -0.05) is 0 Å². The van der Waals surface area contributed by atoms with Gasteiger partial charge >= 0.3 is 0 Å². The van der Waals surface area contributed by atoms with Gasteiger partial charge in [0.25, 0.3) is 0 Å². The van der Waals surface area contributed by atoms with Gasteiger partial charge < -0.3 is 19.5 Å². The number of aromatic nitrogens is 2. The van der Waals surface area contributed by atoms with E-state index in [1.165, 1.54) is 6.20 Å². The molecule has 18 heavy (non-hydrogen) atoms. The maximum atomic E-state index is 5.89. The highest BCUT2D eigenvalue weighted by molar-refractivity contribution is 5.12. The Bertz CT molecular complexity index is 398. The van der Waals surface area contributed by atoms with E-state index in [9.17, 15) is 0 Å². The van der Waals surface area contributed by atoms with E-state index >= 15 is 0 Å². The fourth-order valence-electron chi connectivity index (χ4n) is 1.84. The van der Waals surface area contributed by atoms with Crippen molar-refractivity contribution in [3.63, 3.8) is 0 Å². The molecule has 0 radical (unpaired) electrons. The van der Waals surface area contributed by atoms with Gasteiger partial charge in [-0.2, -0.15) is 4.98 Å². The van der Waals surface area contributed by atoms with Crippen LogP contribution in [0.25, 0.3) is 0 Å². The number of nitrogens with zero attached hydrogens (tertiary/aromatic N) is 2. The summed E-state index contributed by atoms with van der Waals surface area (Å²) >= 11 is 0. The smallest absolute Gasteiger partial charge is 0.235 e. The van der Waals surface area contributed by atoms with Crippen LogP contribution in [0.1, 0.15) is 13.8 Å². The third kappa shape index (κ3) is 3.54. The van der Waals surface area contributed by atoms with Crippen molar-refractivity contribution in [1.29, 1.82) is 0 Å². The summed E-state index contributed by atoms with van der Waals surface area (Å²) in [7, 11) is 1.55. The number of hydrogen-bond donors (Lipinski definition) is 1. The van der Waals surface area contributed by atoms with Crippen LogP contribution in [0, 0.1) is 0 Å². The van der Waals surface area contributed by atoms with Crippen LogP contribution < -0.4 is 14.8 Å². The van der Waals surface area contributed by atoms with E-state index in [0.29, 0.717) is 18.4 Å². The van der Waals surface area contributed by atoms with Crippen LogP contribution in [0.4, 0.5) is 0 Å². The van der Waals surface area contributed by atoms with E-state index in [1.54, 1.807) is 13.3 Å². The second kappa shape index (κ2) is 5.49. The first-order valence-corrected chi connectivity index (χ1v) is 5.96. The Kier molecular flexibility index (Phi) is 3.98. The molecule has 0 aliphatic carbocycles. The fourth-order valence-corrected chi connectivity index (χ4v) is 1.84. The first kappa shape index (κ1) is 13.0. The Morgan fingerprint density at radius 1 is 1.44 bits per heavy atom. The van der Waals surface area contributed by atoms with Gasteiger partial charge in [0.05, 0.1) is 25.1 Å². The van der Waals surface area contributed by atoms with E-state index < -0.39 is 0 Å². The predicted molar refractivity (Wildman–Crippen MR) is 65.9 cm³/mol. The Labute approximate surface area is 107 Å². The van der Waals surface area contributed by atoms with E-state index in [2.05, 4.69) is 29.1 Å². The second-order valence-corrected chi connectivity index (χ2v) is 4.84. The van der Waals surface area contributed by atoms with Crippen LogP contribution in [0.5, 0.6) is 11.8 Å². The zero-order valence-electron chi connectivity index (χ0n) is 11.0. The maximum absolute atomic E-state index is 5.89. The van der Waals surface area contributed by atoms with Crippen LogP contribution in [-0.4, -0.2) is 48.5 Å². The molecule has 0 bridgehead atoms. The number of hydrogen-bond acceptors (Lipinski definition) is 6. The third-order valence-electron chi connectivity index (χ3n) is 2.63. The Hall–Kier alpha value is -1.40. The quantitative estimate of drug-likeness (QED) is 0.849. The molecule has 2 rings (SSSR count). The molecule has 0 saturated carbocycles. The molecule has 0 spiro atoms. The highest BCUT2D eigenvalue weighted by Gasteiger charge is 2.28. The molecule has 2 heterocycles. The van der Waals surface area contributed by atoms with Gasteiger partial charge in [0.15, 0.2) is 0 Å². The van der Waals surface area contributed by atoms with Gasteiger partial charge in [-0.25, -0.2) is 0 Å². The van der Waals surface area contributed by atoms with Crippen molar-refractivity contribution < 1.29 is 14.2 Å². The highest BCUT2D eigenvalue weighted by atomic mass is 16.6. The molecule has 6 nitrogen and oxygen atoms in total. The molecule has 1 aliphatic heterocycles. The number of morpholine rings is 1. The normalized spacial score (nSPS) is 22.5. The molecular weight excluding hydrogens is 234 g/mol. The van der Waals surface area contributed by atoms with Crippen molar-refractivity contribution in [3.8, 4) is 11.8 Å². The molecule has 1 saturated heterocycles. The molecule has 1 unspecified atom stereocenters. The molecule has 1 fully saturated rings. The van der Waals surface area contributed by atoms with E-state index in [1.807, 2.05) is 0 Å². The minimum absolute atomic E-state index is 0.0155. The Morgan fingerprint density at radius 3 is 2.94 bits per heavy atom. The standard InChI is InChI=1S/C12H19N3O3/c1-12(2)8-14-4-9(18-12)7-17-11-6-13-5-10(15-11)16-3/h5-6,9,14H,4,7-8H2,1-3H3. The average molecular weight is 253 g/mol. The first-order valence-electron chi connectivity index (χ1n) is 5.96. The summed E-state index contributed by atoms with van der Waals surface area (Å²) in [5.41, 5.74) is -0.160. The molecule has 1 atom stereocenters. The van der Waals surface area contributed by atoms with Crippen LogP contribution in [0.2, 0.25) is 0 Å². The first-order chi connectivity index (χ1) is 8.59. The largest absolute Gasteiger partial charge is 0.480 e. The summed E-state index contributed by atoms with van der Waals surface area (Å²) < 4.78 is 16.4. The summed E-state index contributed by atoms with van der Waals surface area (Å²) in [5.74, 6) is 0.886. The van der Waals surface area contributed by atoms with Crippen molar-refractivity contribution in [1.82, 2.24) is 15.3 Å². The van der Waals surface area contributed by atoms with Gasteiger partial charge in [0, 0.05) is 13.1 Å². The third-order valence-corrected chi connectivity index (χ3v) is 2.63. The topological polar surface area (TPSA) is 65.5 Å². The lowest BCUT2D eigenvalue weighted by Gasteiger charge is -2.36. The van der Waals surface area contributed by atoms with Gasteiger partial charge in [-0.3, -0.25) is 4.98 Å². The lowest BCUT2D eigenvalue weighted by molar-refractivity contribution is -0.107. The van der Waals surface area contributed by atoms with E-state index in [0.717, 1.165) is 13.1 Å². The Morgan fingerprint density at radius 2 is 2.22 bits per heavy atom. The summed E-state index contributed by atoms with van der Waals surface area (Å²) in [6.07, 6.45) is 3.11. The summed E-state index contributed by atoms with van der Waals surface area (Å²) in [4.78, 5) is 8.11. The van der Waals surface area contributed by atoms with E-state index in [4.69, 9.17) is 14.2 Å². The zero-order chi connectivity index (χ0) is 13.0. The molecule has 1 aliphatic rings. The number of rotatable bonds is 4. The lowest BCUT2D eigenvalue weighted by Crippen LogP contribution is -2.52. The van der Waals surface area contributed by atoms with Crippen molar-refractivity contribution in [3.05, 3.63) is 12.4 Å². The predicted octanol–water partition coefficient (Wildman–Crippen LogP) is 0.631. The monoisotopic (exact) mass is 253 g/mol. The molecule has 6 heteroatoms. The number of methoxy groups -OCH3 is 1.